The van der Waals surface area contributed by atoms with Crippen molar-refractivity contribution in [3.63, 3.8) is 0 Å². The number of carbonyl (C=O) groups is 4. The van der Waals surface area contributed by atoms with Crippen molar-refractivity contribution in [2.45, 2.75) is 24.2 Å². The van der Waals surface area contributed by atoms with Gasteiger partial charge in [-0.05, 0) is 60.2 Å². The summed E-state index contributed by atoms with van der Waals surface area (Å²) in [4.78, 5) is 85.4. The number of hydrogen-bond donors (Lipinski definition) is 1. The molecule has 4 amide bonds. The van der Waals surface area contributed by atoms with Crippen molar-refractivity contribution in [2.75, 3.05) is 35.9 Å². The molecule has 57 heavy (non-hydrogen) atoms. The molecule has 0 aromatic heterocycles. The molecule has 0 bridgehead atoms. The Hall–Kier alpha value is -6.61. The van der Waals surface area contributed by atoms with Crippen LogP contribution in [0.3, 0.4) is 0 Å². The summed E-state index contributed by atoms with van der Waals surface area (Å²) in [5.41, 5.74) is -1.65. The van der Waals surface area contributed by atoms with E-state index in [0.29, 0.717) is 21.7 Å². The number of nitro groups is 2. The first kappa shape index (κ1) is 37.3. The minimum absolute atomic E-state index is 0.0267. The lowest BCUT2D eigenvalue weighted by Gasteiger charge is -2.50. The molecule has 1 N–H and O–H groups in total. The highest BCUT2D eigenvalue weighted by Gasteiger charge is 2.70. The number of amides is 4. The zero-order chi connectivity index (χ0) is 40.7. The second-order valence-corrected chi connectivity index (χ2v) is 15.2. The van der Waals surface area contributed by atoms with Crippen LogP contribution in [0.1, 0.15) is 29.9 Å². The minimum atomic E-state index is -1.59. The zero-order valence-electron chi connectivity index (χ0n) is 30.7. The number of imide groups is 2. The lowest BCUT2D eigenvalue weighted by atomic mass is 9.49. The van der Waals surface area contributed by atoms with Gasteiger partial charge in [0.2, 0.25) is 23.6 Å². The Balaban J connectivity index is 1.33. The summed E-state index contributed by atoms with van der Waals surface area (Å²) in [6.07, 6.45) is 1.81. The number of halogens is 1. The third-order valence-corrected chi connectivity index (χ3v) is 12.1. The third kappa shape index (κ3) is 5.39. The number of carbonyl (C=O) groups excluding carboxylic acids is 4. The number of benzene rings is 4. The van der Waals surface area contributed by atoms with Gasteiger partial charge in [0.15, 0.2) is 17.2 Å². The minimum Gasteiger partial charge on any atom is -0.504 e. The van der Waals surface area contributed by atoms with E-state index in [9.17, 15) is 39.7 Å². The zero-order valence-corrected chi connectivity index (χ0v) is 31.5. The van der Waals surface area contributed by atoms with Gasteiger partial charge in [-0.3, -0.25) is 39.4 Å². The van der Waals surface area contributed by atoms with Crippen LogP contribution in [0.4, 0.5) is 28.4 Å². The number of ether oxygens (including phenoxy) is 1. The highest BCUT2D eigenvalue weighted by atomic mass is 35.5. The molecular formula is C41H34ClN5O10. The summed E-state index contributed by atoms with van der Waals surface area (Å²) in [7, 11) is 4.19. The maximum atomic E-state index is 15.4. The molecule has 3 fully saturated rings. The number of phenolic OH excluding ortho intramolecular Hbond substituents is 1. The van der Waals surface area contributed by atoms with Gasteiger partial charge in [0.25, 0.3) is 0 Å². The van der Waals surface area contributed by atoms with E-state index in [2.05, 4.69) is 0 Å². The van der Waals surface area contributed by atoms with Gasteiger partial charge in [-0.1, -0.05) is 65.7 Å². The number of rotatable bonds is 8. The van der Waals surface area contributed by atoms with E-state index >= 15 is 4.79 Å². The third-order valence-electron chi connectivity index (χ3n) is 11.9. The van der Waals surface area contributed by atoms with Crippen LogP contribution in [0.15, 0.2) is 96.6 Å². The molecule has 1 saturated carbocycles. The van der Waals surface area contributed by atoms with Gasteiger partial charge in [-0.2, -0.15) is 0 Å². The Kier molecular flexibility index (Phi) is 8.87. The first-order chi connectivity index (χ1) is 27.2. The van der Waals surface area contributed by atoms with Crippen LogP contribution in [0.5, 0.6) is 11.5 Å². The molecular weight excluding hydrogens is 758 g/mol. The highest BCUT2D eigenvalue weighted by Crippen LogP contribution is 2.65. The Morgan fingerprint density at radius 3 is 2.12 bits per heavy atom. The first-order valence-corrected chi connectivity index (χ1v) is 18.4. The molecule has 0 radical (unpaired) electrons. The number of methoxy groups -OCH3 is 1. The number of hydrogen-bond acceptors (Lipinski definition) is 11. The average molecular weight is 792 g/mol. The molecule has 8 rings (SSSR count). The van der Waals surface area contributed by atoms with Crippen LogP contribution in [0, 0.1) is 43.9 Å². The molecule has 2 aliphatic carbocycles. The Labute approximate surface area is 330 Å². The van der Waals surface area contributed by atoms with E-state index in [1.54, 1.807) is 60.7 Å². The van der Waals surface area contributed by atoms with Gasteiger partial charge in [-0.25, -0.2) is 9.80 Å². The van der Waals surface area contributed by atoms with Crippen molar-refractivity contribution in [2.24, 2.45) is 23.7 Å². The van der Waals surface area contributed by atoms with Crippen molar-refractivity contribution in [1.29, 1.82) is 0 Å². The maximum absolute atomic E-state index is 15.4. The summed E-state index contributed by atoms with van der Waals surface area (Å²) >= 11 is 6.38. The molecule has 2 heterocycles. The Morgan fingerprint density at radius 1 is 0.825 bits per heavy atom. The number of anilines is 3. The molecule has 2 aliphatic heterocycles. The molecule has 4 aromatic rings. The van der Waals surface area contributed by atoms with Gasteiger partial charge in [0.05, 0.1) is 51.5 Å². The van der Waals surface area contributed by atoms with Crippen LogP contribution in [0.25, 0.3) is 0 Å². The van der Waals surface area contributed by atoms with Crippen molar-refractivity contribution in [3.8, 4) is 11.5 Å². The number of nitro benzene ring substituents is 2. The molecule has 6 atom stereocenters. The summed E-state index contributed by atoms with van der Waals surface area (Å²) in [5.74, 6) is -7.46. The number of aromatic hydroxyl groups is 1. The van der Waals surface area contributed by atoms with Crippen LogP contribution in [0.2, 0.25) is 5.02 Å². The highest BCUT2D eigenvalue weighted by molar-refractivity contribution is 6.32. The van der Waals surface area contributed by atoms with Crippen molar-refractivity contribution in [3.05, 3.63) is 133 Å². The molecule has 0 unspecified atom stereocenters. The van der Waals surface area contributed by atoms with Gasteiger partial charge < -0.3 is 14.7 Å². The second-order valence-electron chi connectivity index (χ2n) is 14.8. The van der Waals surface area contributed by atoms with Crippen LogP contribution >= 0.6 is 11.6 Å². The first-order valence-electron chi connectivity index (χ1n) is 18.0. The van der Waals surface area contributed by atoms with E-state index < -0.39 is 79.9 Å². The fourth-order valence-corrected chi connectivity index (χ4v) is 9.89. The van der Waals surface area contributed by atoms with E-state index in [0.717, 1.165) is 21.9 Å². The maximum Gasteiger partial charge on any atom is 0.301 e. The molecule has 15 nitrogen and oxygen atoms in total. The summed E-state index contributed by atoms with van der Waals surface area (Å²) in [6, 6.07) is 21.9. The normalized spacial score (nSPS) is 25.1. The van der Waals surface area contributed by atoms with E-state index in [1.165, 1.54) is 38.2 Å². The van der Waals surface area contributed by atoms with Crippen molar-refractivity contribution in [1.82, 2.24) is 0 Å². The van der Waals surface area contributed by atoms with Gasteiger partial charge in [0, 0.05) is 37.2 Å². The number of fused-ring (bicyclic) bond motifs is 4. The monoisotopic (exact) mass is 791 g/mol. The lowest BCUT2D eigenvalue weighted by molar-refractivity contribution is -0.392. The molecule has 16 heteroatoms. The van der Waals surface area contributed by atoms with Crippen molar-refractivity contribution < 1.29 is 38.9 Å². The predicted molar refractivity (Wildman–Crippen MR) is 207 cm³/mol. The smallest absolute Gasteiger partial charge is 0.301 e. The summed E-state index contributed by atoms with van der Waals surface area (Å²) < 4.78 is 5.50. The molecule has 4 aliphatic rings. The largest absolute Gasteiger partial charge is 0.504 e. The fourth-order valence-electron chi connectivity index (χ4n) is 9.70. The lowest BCUT2D eigenvalue weighted by Crippen LogP contribution is -2.53. The van der Waals surface area contributed by atoms with Gasteiger partial charge in [-0.15, -0.1) is 0 Å². The topological polar surface area (TPSA) is 194 Å². The summed E-state index contributed by atoms with van der Waals surface area (Å²) in [6.45, 7) is 0. The van der Waals surface area contributed by atoms with Crippen LogP contribution < -0.4 is 19.4 Å². The SMILES string of the molecule is COc1cc([C@H]2C3=CC[C@@H]4C(=O)N(c5cc([N+](=O)[O-])c(N(C)C)c([N+](=O)[O-])c5)C(=O)[C@@H]4[C@@H]3C[C@H]3C(=O)N(c4cccc(Cl)c4)C(=O)[C@@]23c2ccccc2)ccc1O. The predicted octanol–water partition coefficient (Wildman–Crippen LogP) is 6.30. The van der Waals surface area contributed by atoms with E-state index in [1.807, 2.05) is 6.08 Å². The Morgan fingerprint density at radius 2 is 1.51 bits per heavy atom. The fraction of sp³-hybridized carbons (Fsp3) is 0.268. The number of allylic oxidation sites excluding steroid dienone is 2. The number of nitrogens with zero attached hydrogens (tertiary/aromatic N) is 5. The van der Waals surface area contributed by atoms with Crippen LogP contribution in [-0.4, -0.2) is 59.8 Å². The molecule has 0 spiro atoms. The number of phenols is 1. The molecule has 4 aromatic carbocycles. The quantitative estimate of drug-likeness (QED) is 0.0911. The summed E-state index contributed by atoms with van der Waals surface area (Å²) in [5, 5.41) is 35.4. The second kappa shape index (κ2) is 13.5. The van der Waals surface area contributed by atoms with Gasteiger partial charge in [0.1, 0.15) is 0 Å². The van der Waals surface area contributed by atoms with E-state index in [-0.39, 0.29) is 41.4 Å². The molecule has 2 saturated heterocycles. The standard InChI is InChI=1S/C41H34ClN5O10/c1-43(2)36-30(46(53)54)18-25(19-31(36)47(55)56)44-37(49)27-14-13-26-28(34(27)39(44)51)20-29-38(50)45(24-11-7-10-23(42)17-24)40(52)41(29,22-8-5-4-6-9-22)35(26)21-12-15-32(48)33(16-21)57-3/h4-13,15-19,27-29,34-35,48H,14,20H2,1-3H3/t27-,28+,29-,34-,35-,41+/m0/s1. The Bertz CT molecular complexity index is 2440. The molecule has 290 valence electrons. The van der Waals surface area contributed by atoms with Crippen molar-refractivity contribution >= 4 is 63.7 Å². The van der Waals surface area contributed by atoms with Gasteiger partial charge >= 0.3 is 11.4 Å². The average Bonchev–Trinajstić information content (AvgIpc) is 3.58. The van der Waals surface area contributed by atoms with E-state index in [4.69, 9.17) is 16.3 Å². The van der Waals surface area contributed by atoms with Crippen LogP contribution in [-0.2, 0) is 24.6 Å².